The van der Waals surface area contributed by atoms with E-state index in [9.17, 15) is 4.79 Å². The maximum Gasteiger partial charge on any atom is 0.267 e. The lowest BCUT2D eigenvalue weighted by Gasteiger charge is -2.01. The Morgan fingerprint density at radius 3 is 2.83 bits per heavy atom. The van der Waals surface area contributed by atoms with Crippen LogP contribution in [0.5, 0.6) is 5.75 Å². The summed E-state index contributed by atoms with van der Waals surface area (Å²) < 4.78 is 5.13. The summed E-state index contributed by atoms with van der Waals surface area (Å²) in [6.07, 6.45) is 1.48. The Bertz CT molecular complexity index is 269. The molecule has 1 amide bonds. The van der Waals surface area contributed by atoms with Gasteiger partial charge in [-0.15, -0.1) is 0 Å². The zero-order valence-electron chi connectivity index (χ0n) is 6.78. The van der Waals surface area contributed by atoms with Crippen LogP contribution in [0.2, 0.25) is 0 Å². The number of carbonyl (C=O) groups is 1. The average molecular weight is 166 g/mol. The van der Waals surface area contributed by atoms with E-state index in [4.69, 9.17) is 10.5 Å². The number of hydrogen-bond donors (Lipinski definition) is 1. The standard InChI is InChI=1S/C8H10N2O2/c1-2-12-6-3-4-7(8(9)11)10-5-6/h3-5H,2H2,1H3,(H2,9,11). The molecular weight excluding hydrogens is 156 g/mol. The number of carbonyl (C=O) groups excluding carboxylic acids is 1. The lowest BCUT2D eigenvalue weighted by molar-refractivity contribution is 0.0995. The van der Waals surface area contributed by atoms with E-state index in [-0.39, 0.29) is 5.69 Å². The van der Waals surface area contributed by atoms with Crippen molar-refractivity contribution in [1.82, 2.24) is 4.98 Å². The fourth-order valence-electron chi connectivity index (χ4n) is 0.778. The van der Waals surface area contributed by atoms with E-state index in [2.05, 4.69) is 4.98 Å². The maximum absolute atomic E-state index is 10.6. The Balaban J connectivity index is 2.78. The second kappa shape index (κ2) is 3.71. The van der Waals surface area contributed by atoms with Crippen molar-refractivity contribution in [3.05, 3.63) is 24.0 Å². The number of amides is 1. The molecule has 0 unspecified atom stereocenters. The molecule has 0 spiro atoms. The SMILES string of the molecule is CCOc1ccc(C(N)=O)nc1. The fourth-order valence-corrected chi connectivity index (χ4v) is 0.778. The molecule has 4 nitrogen and oxygen atoms in total. The molecule has 4 heteroatoms. The van der Waals surface area contributed by atoms with Gasteiger partial charge in [-0.1, -0.05) is 0 Å². The van der Waals surface area contributed by atoms with E-state index in [1.54, 1.807) is 6.07 Å². The van der Waals surface area contributed by atoms with E-state index >= 15 is 0 Å². The van der Waals surface area contributed by atoms with Crippen molar-refractivity contribution in [1.29, 1.82) is 0 Å². The largest absolute Gasteiger partial charge is 0.492 e. The number of hydrogen-bond acceptors (Lipinski definition) is 3. The Hall–Kier alpha value is -1.58. The quantitative estimate of drug-likeness (QED) is 0.714. The minimum absolute atomic E-state index is 0.249. The van der Waals surface area contributed by atoms with Crippen LogP contribution in [-0.4, -0.2) is 17.5 Å². The topological polar surface area (TPSA) is 65.2 Å². The van der Waals surface area contributed by atoms with Gasteiger partial charge in [-0.3, -0.25) is 4.79 Å². The third kappa shape index (κ3) is 1.95. The molecule has 0 saturated heterocycles. The molecule has 2 N–H and O–H groups in total. The summed E-state index contributed by atoms with van der Waals surface area (Å²) in [6.45, 7) is 2.46. The molecule has 0 aromatic carbocycles. The highest BCUT2D eigenvalue weighted by Gasteiger charge is 2.00. The molecule has 0 aliphatic carbocycles. The van der Waals surface area contributed by atoms with Crippen molar-refractivity contribution in [3.8, 4) is 5.75 Å². The van der Waals surface area contributed by atoms with Crippen LogP contribution < -0.4 is 10.5 Å². The maximum atomic E-state index is 10.6. The first-order valence-electron chi connectivity index (χ1n) is 3.62. The predicted molar refractivity (Wildman–Crippen MR) is 43.9 cm³/mol. The van der Waals surface area contributed by atoms with Crippen LogP contribution >= 0.6 is 0 Å². The molecule has 0 aliphatic rings. The Morgan fingerprint density at radius 2 is 2.42 bits per heavy atom. The summed E-state index contributed by atoms with van der Waals surface area (Å²) in [7, 11) is 0. The summed E-state index contributed by atoms with van der Waals surface area (Å²) in [4.78, 5) is 14.4. The van der Waals surface area contributed by atoms with Crippen LogP contribution in [0.3, 0.4) is 0 Å². The molecule has 1 aromatic heterocycles. The number of rotatable bonds is 3. The van der Waals surface area contributed by atoms with E-state index in [1.807, 2.05) is 6.92 Å². The highest BCUT2D eigenvalue weighted by Crippen LogP contribution is 2.07. The van der Waals surface area contributed by atoms with Gasteiger partial charge in [0.1, 0.15) is 11.4 Å². The predicted octanol–water partition coefficient (Wildman–Crippen LogP) is 0.579. The van der Waals surface area contributed by atoms with Crippen LogP contribution in [-0.2, 0) is 0 Å². The van der Waals surface area contributed by atoms with E-state index in [1.165, 1.54) is 12.3 Å². The van der Waals surface area contributed by atoms with Gasteiger partial charge in [0.15, 0.2) is 0 Å². The van der Waals surface area contributed by atoms with Crippen LogP contribution in [0.1, 0.15) is 17.4 Å². The first-order chi connectivity index (χ1) is 5.74. The molecule has 0 atom stereocenters. The van der Waals surface area contributed by atoms with Gasteiger partial charge >= 0.3 is 0 Å². The number of nitrogens with zero attached hydrogens (tertiary/aromatic N) is 1. The minimum atomic E-state index is -0.530. The van der Waals surface area contributed by atoms with E-state index in [0.29, 0.717) is 12.4 Å². The minimum Gasteiger partial charge on any atom is -0.492 e. The summed E-state index contributed by atoms with van der Waals surface area (Å²) in [6, 6.07) is 3.20. The van der Waals surface area contributed by atoms with Gasteiger partial charge in [-0.25, -0.2) is 4.98 Å². The zero-order chi connectivity index (χ0) is 8.97. The monoisotopic (exact) mass is 166 g/mol. The van der Waals surface area contributed by atoms with Crippen LogP contribution in [0.4, 0.5) is 0 Å². The van der Waals surface area contributed by atoms with Crippen molar-refractivity contribution in [3.63, 3.8) is 0 Å². The molecule has 64 valence electrons. The third-order valence-electron chi connectivity index (χ3n) is 1.30. The van der Waals surface area contributed by atoms with Gasteiger partial charge in [0.25, 0.3) is 5.91 Å². The Kier molecular flexibility index (Phi) is 2.63. The lowest BCUT2D eigenvalue weighted by Crippen LogP contribution is -2.12. The van der Waals surface area contributed by atoms with Crippen molar-refractivity contribution in [2.24, 2.45) is 5.73 Å². The molecule has 12 heavy (non-hydrogen) atoms. The Morgan fingerprint density at radius 1 is 1.67 bits per heavy atom. The summed E-state index contributed by atoms with van der Waals surface area (Å²) in [5.74, 6) is 0.112. The van der Waals surface area contributed by atoms with Gasteiger partial charge in [0, 0.05) is 0 Å². The van der Waals surface area contributed by atoms with E-state index in [0.717, 1.165) is 0 Å². The summed E-state index contributed by atoms with van der Waals surface area (Å²) >= 11 is 0. The van der Waals surface area contributed by atoms with Crippen molar-refractivity contribution in [2.45, 2.75) is 6.92 Å². The third-order valence-corrected chi connectivity index (χ3v) is 1.30. The zero-order valence-corrected chi connectivity index (χ0v) is 6.78. The first-order valence-corrected chi connectivity index (χ1v) is 3.62. The Labute approximate surface area is 70.4 Å². The molecule has 0 aliphatic heterocycles. The molecule has 1 rings (SSSR count). The average Bonchev–Trinajstić information content (AvgIpc) is 2.06. The lowest BCUT2D eigenvalue weighted by atomic mass is 10.3. The van der Waals surface area contributed by atoms with Crippen LogP contribution in [0, 0.1) is 0 Å². The highest BCUT2D eigenvalue weighted by molar-refractivity contribution is 5.90. The molecule has 1 aromatic rings. The highest BCUT2D eigenvalue weighted by atomic mass is 16.5. The molecule has 0 bridgehead atoms. The molecule has 0 fully saturated rings. The molecule has 0 saturated carbocycles. The summed E-state index contributed by atoms with van der Waals surface area (Å²) in [5.41, 5.74) is 5.24. The van der Waals surface area contributed by atoms with Crippen LogP contribution in [0.25, 0.3) is 0 Å². The summed E-state index contributed by atoms with van der Waals surface area (Å²) in [5, 5.41) is 0. The van der Waals surface area contributed by atoms with Gasteiger partial charge in [-0.05, 0) is 19.1 Å². The van der Waals surface area contributed by atoms with Gasteiger partial charge in [-0.2, -0.15) is 0 Å². The van der Waals surface area contributed by atoms with Gasteiger partial charge < -0.3 is 10.5 Å². The normalized spacial score (nSPS) is 9.42. The second-order valence-corrected chi connectivity index (χ2v) is 2.18. The smallest absolute Gasteiger partial charge is 0.267 e. The van der Waals surface area contributed by atoms with Crippen molar-refractivity contribution >= 4 is 5.91 Å². The van der Waals surface area contributed by atoms with Gasteiger partial charge in [0.2, 0.25) is 0 Å². The number of ether oxygens (including phenoxy) is 1. The second-order valence-electron chi connectivity index (χ2n) is 2.18. The fraction of sp³-hybridized carbons (Fsp3) is 0.250. The van der Waals surface area contributed by atoms with Crippen LogP contribution in [0.15, 0.2) is 18.3 Å². The molecule has 0 radical (unpaired) electrons. The number of pyridine rings is 1. The number of primary amides is 1. The van der Waals surface area contributed by atoms with E-state index < -0.39 is 5.91 Å². The molecule has 1 heterocycles. The molecular formula is C8H10N2O2. The number of aromatic nitrogens is 1. The first kappa shape index (κ1) is 8.52. The van der Waals surface area contributed by atoms with Gasteiger partial charge in [0.05, 0.1) is 12.8 Å². The van der Waals surface area contributed by atoms with Crippen molar-refractivity contribution < 1.29 is 9.53 Å². The van der Waals surface area contributed by atoms with Crippen molar-refractivity contribution in [2.75, 3.05) is 6.61 Å². The number of nitrogens with two attached hydrogens (primary N) is 1.